The van der Waals surface area contributed by atoms with Crippen molar-refractivity contribution in [1.29, 1.82) is 0 Å². The first-order valence-electron chi connectivity index (χ1n) is 21.6. The Balaban J connectivity index is 0.00000175. The lowest BCUT2D eigenvalue weighted by Crippen LogP contribution is -2.14. The van der Waals surface area contributed by atoms with Crippen LogP contribution in [0.3, 0.4) is 0 Å². The minimum atomic E-state index is 0. The molecule has 0 radical (unpaired) electrons. The highest BCUT2D eigenvalue weighted by Gasteiger charge is 2.28. The highest BCUT2D eigenvalue weighted by atomic mass is 32.1. The van der Waals surface area contributed by atoms with Crippen molar-refractivity contribution < 1.29 is 4.74 Å². The Bertz CT molecular complexity index is 2990. The van der Waals surface area contributed by atoms with Gasteiger partial charge < -0.3 is 9.64 Å². The molecule has 1 aliphatic rings. The second-order valence-corrected chi connectivity index (χ2v) is 17.7. The predicted octanol–water partition coefficient (Wildman–Crippen LogP) is 19.9. The third-order valence-electron chi connectivity index (χ3n) is 12.7. The zero-order valence-electron chi connectivity index (χ0n) is 35.5. The molecule has 2 unspecified atom stereocenters. The van der Waals surface area contributed by atoms with Crippen LogP contribution in [0.15, 0.2) is 176 Å². The Hall–Kier alpha value is -6.62. The first kappa shape index (κ1) is 47.8. The van der Waals surface area contributed by atoms with E-state index in [0.717, 1.165) is 47.1 Å². The van der Waals surface area contributed by atoms with Crippen molar-refractivity contribution in [2.24, 2.45) is 0 Å². The summed E-state index contributed by atoms with van der Waals surface area (Å²) in [5.41, 5.74) is 13.6. The normalized spacial score (nSPS) is 12.3. The number of para-hydroxylation sites is 4. The maximum Gasteiger partial charge on any atom is 0.151 e. The van der Waals surface area contributed by atoms with Gasteiger partial charge in [-0.2, -0.15) is 0 Å². The van der Waals surface area contributed by atoms with E-state index in [1.807, 2.05) is 23.5 Å². The zero-order chi connectivity index (χ0) is 41.6. The third kappa shape index (κ3) is 8.93. The molecule has 2 atom stereocenters. The van der Waals surface area contributed by atoms with Crippen molar-refractivity contribution >= 4 is 66.3 Å². The topological polar surface area (TPSA) is 15.7 Å². The summed E-state index contributed by atoms with van der Waals surface area (Å²) < 4.78 is 6.31. The van der Waals surface area contributed by atoms with Gasteiger partial charge in [-0.05, 0) is 150 Å². The number of nitrogens with zero attached hydrogens (tertiary/aromatic N) is 2. The number of rotatable bonds is 10. The molecule has 0 spiro atoms. The van der Waals surface area contributed by atoms with Crippen molar-refractivity contribution in [3.8, 4) is 21.9 Å². The largest absolute Gasteiger partial charge is 0.453 e. The molecule has 0 saturated heterocycles. The molecule has 0 amide bonds. The quantitative estimate of drug-likeness (QED) is 0.127. The molecule has 10 rings (SSSR count). The molecule has 332 valence electrons. The molecule has 65 heavy (non-hydrogen) atoms. The number of thiophene rings is 1. The van der Waals surface area contributed by atoms with Crippen LogP contribution in [0.25, 0.3) is 32.0 Å². The first-order valence-corrected chi connectivity index (χ1v) is 22.4. The van der Waals surface area contributed by atoms with Gasteiger partial charge in [0, 0.05) is 21.6 Å². The fraction of sp³-hybridized carbons (Fsp3) is 0.213. The molecule has 3 nitrogen and oxygen atoms in total. The van der Waals surface area contributed by atoms with Crippen LogP contribution in [0.1, 0.15) is 96.0 Å². The standard InChI is InChI=1S/C57H50N2OS.4CH4/c1-6-41(42-25-30-46(31-26-42)58(45-28-23-37(2)24-29-45)53-36-44-15-7-8-16-48(44)49-17-9-10-18-50(49)53)33-38(3)43-27-32-47(39(4)34-43)57-40(5)35-56(61-57)59-51-19-11-13-21-54(51)60-55-22-14-12-20-52(55)59;;;;/h7-32,34-36,38,41H,6,33H2,1-5H3;4*1H4. The predicted molar refractivity (Wildman–Crippen MR) is 288 cm³/mol. The van der Waals surface area contributed by atoms with Gasteiger partial charge in [0.15, 0.2) is 11.5 Å². The summed E-state index contributed by atoms with van der Waals surface area (Å²) in [7, 11) is 0. The molecule has 0 aliphatic carbocycles. The molecule has 1 aliphatic heterocycles. The van der Waals surface area contributed by atoms with Gasteiger partial charge in [-0.3, -0.25) is 4.90 Å². The maximum atomic E-state index is 6.31. The Morgan fingerprint density at radius 2 is 1.11 bits per heavy atom. The molecular weight excluding hydrogens is 809 g/mol. The van der Waals surface area contributed by atoms with Crippen molar-refractivity contribution in [3.63, 3.8) is 0 Å². The number of fused-ring (bicyclic) bond motifs is 5. The molecule has 8 aromatic carbocycles. The smallest absolute Gasteiger partial charge is 0.151 e. The first-order chi connectivity index (χ1) is 29.8. The third-order valence-corrected chi connectivity index (χ3v) is 13.9. The second kappa shape index (κ2) is 20.0. The van der Waals surface area contributed by atoms with Gasteiger partial charge in [0.25, 0.3) is 0 Å². The van der Waals surface area contributed by atoms with Gasteiger partial charge in [-0.1, -0.05) is 164 Å². The fourth-order valence-electron chi connectivity index (χ4n) is 9.37. The lowest BCUT2D eigenvalue weighted by Gasteiger charge is -2.31. The number of hydrogen-bond acceptors (Lipinski definition) is 4. The van der Waals surface area contributed by atoms with Crippen molar-refractivity contribution in [2.45, 2.75) is 89.0 Å². The second-order valence-electron chi connectivity index (χ2n) is 16.7. The van der Waals surface area contributed by atoms with E-state index in [2.05, 4.69) is 208 Å². The molecule has 0 fully saturated rings. The van der Waals surface area contributed by atoms with Crippen molar-refractivity contribution in [2.75, 3.05) is 9.80 Å². The van der Waals surface area contributed by atoms with Crippen LogP contribution in [-0.4, -0.2) is 0 Å². The summed E-state index contributed by atoms with van der Waals surface area (Å²) in [6.07, 6.45) is 2.17. The molecule has 0 N–H and O–H groups in total. The van der Waals surface area contributed by atoms with Gasteiger partial charge in [-0.15, -0.1) is 11.3 Å². The fourth-order valence-corrected chi connectivity index (χ4v) is 10.7. The van der Waals surface area contributed by atoms with Crippen molar-refractivity contribution in [1.82, 2.24) is 0 Å². The average Bonchev–Trinajstić information content (AvgIpc) is 3.68. The van der Waals surface area contributed by atoms with E-state index >= 15 is 0 Å². The van der Waals surface area contributed by atoms with Gasteiger partial charge in [0.2, 0.25) is 0 Å². The number of anilines is 6. The average molecular weight is 875 g/mol. The summed E-state index contributed by atoms with van der Waals surface area (Å²) in [6, 6.07) is 64.4. The highest BCUT2D eigenvalue weighted by Crippen LogP contribution is 2.53. The molecule has 0 saturated carbocycles. The van der Waals surface area contributed by atoms with Gasteiger partial charge in [0.05, 0.1) is 17.1 Å². The number of aryl methyl sites for hydroxylation is 3. The van der Waals surface area contributed by atoms with E-state index in [1.165, 1.54) is 70.5 Å². The van der Waals surface area contributed by atoms with Gasteiger partial charge in [0.1, 0.15) is 5.00 Å². The van der Waals surface area contributed by atoms with E-state index in [9.17, 15) is 0 Å². The van der Waals surface area contributed by atoms with Crippen LogP contribution in [-0.2, 0) is 0 Å². The monoisotopic (exact) mass is 874 g/mol. The number of ether oxygens (including phenoxy) is 1. The minimum Gasteiger partial charge on any atom is -0.453 e. The van der Waals surface area contributed by atoms with E-state index in [-0.39, 0.29) is 29.7 Å². The Morgan fingerprint density at radius 3 is 1.74 bits per heavy atom. The van der Waals surface area contributed by atoms with E-state index in [0.29, 0.717) is 11.8 Å². The number of benzene rings is 8. The molecule has 2 heterocycles. The maximum absolute atomic E-state index is 6.31. The van der Waals surface area contributed by atoms with Crippen LogP contribution in [0.2, 0.25) is 0 Å². The Kier molecular flexibility index (Phi) is 14.8. The Labute approximate surface area is 393 Å². The summed E-state index contributed by atoms with van der Waals surface area (Å²) in [6.45, 7) is 11.4. The summed E-state index contributed by atoms with van der Waals surface area (Å²) in [5.74, 6) is 2.61. The van der Waals surface area contributed by atoms with E-state index in [1.54, 1.807) is 0 Å². The summed E-state index contributed by atoms with van der Waals surface area (Å²) >= 11 is 1.85. The lowest BCUT2D eigenvalue weighted by atomic mass is 9.83. The van der Waals surface area contributed by atoms with Crippen LogP contribution in [0.4, 0.5) is 33.4 Å². The molecule has 1 aromatic heterocycles. The van der Waals surface area contributed by atoms with E-state index in [4.69, 9.17) is 4.74 Å². The molecular formula is C61H66N2OS. The summed E-state index contributed by atoms with van der Waals surface area (Å²) in [4.78, 5) is 6.10. The molecule has 9 aromatic rings. The van der Waals surface area contributed by atoms with E-state index < -0.39 is 0 Å². The minimum absolute atomic E-state index is 0. The van der Waals surface area contributed by atoms with Crippen LogP contribution in [0.5, 0.6) is 11.5 Å². The highest BCUT2D eigenvalue weighted by molar-refractivity contribution is 7.19. The number of hydrogen-bond donors (Lipinski definition) is 0. The van der Waals surface area contributed by atoms with Gasteiger partial charge >= 0.3 is 0 Å². The van der Waals surface area contributed by atoms with Gasteiger partial charge in [-0.25, -0.2) is 0 Å². The summed E-state index contributed by atoms with van der Waals surface area (Å²) in [5, 5.41) is 6.23. The molecule has 0 bridgehead atoms. The Morgan fingerprint density at radius 1 is 0.554 bits per heavy atom. The lowest BCUT2D eigenvalue weighted by molar-refractivity contribution is 0.477. The SMILES string of the molecule is C.C.C.C.CCC(CC(C)c1ccc(-c2sc(N3c4ccccc4Oc4ccccc43)cc2C)c(C)c1)c1ccc(N(c2ccc(C)cc2)c2cc3ccccc3c3ccccc23)cc1. The van der Waals surface area contributed by atoms with Crippen molar-refractivity contribution in [3.05, 3.63) is 204 Å². The molecule has 4 heteroatoms. The zero-order valence-corrected chi connectivity index (χ0v) is 36.3. The van der Waals surface area contributed by atoms with Crippen LogP contribution in [0, 0.1) is 20.8 Å². The van der Waals surface area contributed by atoms with Crippen LogP contribution >= 0.6 is 11.3 Å². The van der Waals surface area contributed by atoms with Crippen LogP contribution < -0.4 is 14.5 Å².